The van der Waals surface area contributed by atoms with E-state index < -0.39 is 5.91 Å². The number of carbonyl (C=O) groups is 1. The number of primary amides is 1. The van der Waals surface area contributed by atoms with E-state index in [4.69, 9.17) is 27.0 Å². The van der Waals surface area contributed by atoms with Crippen LogP contribution in [0.5, 0.6) is 5.75 Å². The van der Waals surface area contributed by atoms with Crippen molar-refractivity contribution in [2.75, 3.05) is 12.8 Å². The quantitative estimate of drug-likeness (QED) is 0.398. The minimum absolute atomic E-state index is 0.316. The van der Waals surface area contributed by atoms with Gasteiger partial charge in [0.25, 0.3) is 5.91 Å². The van der Waals surface area contributed by atoms with Gasteiger partial charge in [-0.25, -0.2) is 0 Å². The molecular weight excluding hydrogens is 184 g/mol. The molecule has 74 valence electrons. The van der Waals surface area contributed by atoms with E-state index in [1.807, 2.05) is 0 Å². The molecule has 14 heavy (non-hydrogen) atoms. The molecule has 1 amide bonds. The Bertz CT molecular complexity index is 348. The zero-order valence-electron chi connectivity index (χ0n) is 7.65. The number of anilines is 1. The molecule has 0 atom stereocenters. The minimum Gasteiger partial charge on any atom is -0.497 e. The average Bonchev–Trinajstić information content (AvgIpc) is 2.20. The summed E-state index contributed by atoms with van der Waals surface area (Å²) in [5, 5.41) is 11.0. The van der Waals surface area contributed by atoms with Gasteiger partial charge in [-0.05, 0) is 12.1 Å². The lowest BCUT2D eigenvalue weighted by Crippen LogP contribution is -2.13. The standard InChI is InChI=1S/C8H10N2O2.N2/c1-12-5-2-3-6(8(10)11)7(9)4-5;1-2/h2-4H,9H2,1H3,(H2,10,11);/p+1. The molecule has 6 nitrogen and oxygen atoms in total. The molecule has 0 fully saturated rings. The van der Waals surface area contributed by atoms with Gasteiger partial charge in [-0.3, -0.25) is 4.79 Å². The number of nitrogens with two attached hydrogens (primary N) is 2. The van der Waals surface area contributed by atoms with Crippen LogP contribution in [-0.2, 0) is 0 Å². The van der Waals surface area contributed by atoms with Crippen LogP contribution in [0.25, 0.3) is 0 Å². The minimum atomic E-state index is -0.532. The summed E-state index contributed by atoms with van der Waals surface area (Å²) in [7, 11) is 1.53. The maximum atomic E-state index is 10.7. The van der Waals surface area contributed by atoms with Crippen molar-refractivity contribution in [3.05, 3.63) is 23.8 Å². The topological polar surface area (TPSA) is 126 Å². The summed E-state index contributed by atoms with van der Waals surface area (Å²) in [6.45, 7) is 0. The first kappa shape index (κ1) is 11.7. The maximum Gasteiger partial charge on any atom is 0.250 e. The van der Waals surface area contributed by atoms with Crippen LogP contribution in [0.1, 0.15) is 10.4 Å². The van der Waals surface area contributed by atoms with Gasteiger partial charge in [0.1, 0.15) is 5.75 Å². The number of rotatable bonds is 2. The zero-order chi connectivity index (χ0) is 11.1. The highest BCUT2D eigenvalue weighted by Crippen LogP contribution is 2.18. The summed E-state index contributed by atoms with van der Waals surface area (Å²) in [5.74, 6) is 0.0765. The zero-order valence-corrected chi connectivity index (χ0v) is 7.65. The van der Waals surface area contributed by atoms with Crippen molar-refractivity contribution in [1.82, 2.24) is 0 Å². The molecule has 1 aromatic carbocycles. The fraction of sp³-hybridized carbons (Fsp3) is 0.125. The van der Waals surface area contributed by atoms with Gasteiger partial charge in [0.15, 0.2) is 0 Å². The first-order valence-electron chi connectivity index (χ1n) is 3.61. The number of diazo groups is 1. The van der Waals surface area contributed by atoms with E-state index in [0.717, 1.165) is 0 Å². The number of nitrogens with zero attached hydrogens (tertiary/aromatic N) is 1. The third-order valence-electron chi connectivity index (χ3n) is 1.52. The predicted molar refractivity (Wildman–Crippen MR) is 48.6 cm³/mol. The summed E-state index contributed by atoms with van der Waals surface area (Å²) < 4.78 is 4.90. The monoisotopic (exact) mass is 195 g/mol. The second-order valence-electron chi connectivity index (χ2n) is 2.32. The van der Waals surface area contributed by atoms with E-state index >= 15 is 0 Å². The molecule has 0 aliphatic heterocycles. The molecule has 0 bridgehead atoms. The van der Waals surface area contributed by atoms with Crippen LogP contribution >= 0.6 is 0 Å². The molecular formula is C8H11N4O2+. The molecule has 0 saturated carbocycles. The maximum absolute atomic E-state index is 10.7. The van der Waals surface area contributed by atoms with Crippen molar-refractivity contribution >= 4 is 11.6 Å². The van der Waals surface area contributed by atoms with E-state index in [1.165, 1.54) is 13.2 Å². The summed E-state index contributed by atoms with van der Waals surface area (Å²) in [6.07, 6.45) is 0. The van der Waals surface area contributed by atoms with E-state index in [-0.39, 0.29) is 0 Å². The highest BCUT2D eigenvalue weighted by molar-refractivity contribution is 5.98. The number of carbonyl (C=O) groups excluding carboxylic acids is 1. The van der Waals surface area contributed by atoms with Gasteiger partial charge in [0, 0.05) is 11.8 Å². The Morgan fingerprint density at radius 1 is 1.50 bits per heavy atom. The fourth-order valence-corrected chi connectivity index (χ4v) is 0.892. The van der Waals surface area contributed by atoms with Crippen molar-refractivity contribution in [3.8, 4) is 5.75 Å². The van der Waals surface area contributed by atoms with Crippen LogP contribution in [0.3, 0.4) is 0 Å². The predicted octanol–water partition coefficient (Wildman–Crippen LogP) is -1.34. The van der Waals surface area contributed by atoms with Crippen LogP contribution in [-0.4, -0.2) is 13.0 Å². The molecule has 0 spiro atoms. The molecule has 0 heterocycles. The molecule has 0 aromatic heterocycles. The van der Waals surface area contributed by atoms with Gasteiger partial charge in [-0.1, -0.05) is 0 Å². The first-order chi connectivity index (χ1) is 6.65. The molecule has 0 aliphatic carbocycles. The van der Waals surface area contributed by atoms with Gasteiger partial charge >= 0.3 is 0 Å². The van der Waals surface area contributed by atoms with Crippen molar-refractivity contribution in [2.24, 2.45) is 5.73 Å². The lowest BCUT2D eigenvalue weighted by Gasteiger charge is -2.03. The number of hydrogen-bond acceptors (Lipinski definition) is 4. The van der Waals surface area contributed by atoms with Crippen molar-refractivity contribution in [3.63, 3.8) is 0 Å². The van der Waals surface area contributed by atoms with Crippen molar-refractivity contribution in [1.29, 1.82) is 5.39 Å². The van der Waals surface area contributed by atoms with Crippen molar-refractivity contribution < 1.29 is 14.9 Å². The number of nitrogen functional groups attached to an aromatic ring is 1. The van der Waals surface area contributed by atoms with Crippen LogP contribution in [0, 0.1) is 5.39 Å². The van der Waals surface area contributed by atoms with Gasteiger partial charge in [0.2, 0.25) is 5.39 Å². The summed E-state index contributed by atoms with van der Waals surface area (Å²) in [6, 6.07) is 4.73. The smallest absolute Gasteiger partial charge is 0.250 e. The van der Waals surface area contributed by atoms with Gasteiger partial charge in [-0.15, -0.1) is 0 Å². The van der Waals surface area contributed by atoms with Crippen LogP contribution in [0.4, 0.5) is 5.69 Å². The number of benzene rings is 1. The van der Waals surface area contributed by atoms with Crippen LogP contribution in [0.15, 0.2) is 18.2 Å². The Kier molecular flexibility index (Phi) is 4.49. The highest BCUT2D eigenvalue weighted by Gasteiger charge is 2.05. The average molecular weight is 195 g/mol. The molecule has 0 radical (unpaired) electrons. The van der Waals surface area contributed by atoms with E-state index in [1.54, 1.807) is 12.1 Å². The Morgan fingerprint density at radius 3 is 2.43 bits per heavy atom. The molecule has 0 saturated heterocycles. The molecule has 1 aromatic rings. The summed E-state index contributed by atoms with van der Waals surface area (Å²) >= 11 is 0. The Morgan fingerprint density at radius 2 is 2.07 bits per heavy atom. The summed E-state index contributed by atoms with van der Waals surface area (Å²) in [4.78, 5) is 10.7. The second-order valence-corrected chi connectivity index (χ2v) is 2.32. The van der Waals surface area contributed by atoms with Gasteiger partial charge in [0.05, 0.1) is 18.1 Å². The molecule has 0 aliphatic rings. The molecule has 6 heteroatoms. The SMILES string of the molecule is COc1ccc(C(N)=O)c(N)c1.N#[NH+]. The van der Waals surface area contributed by atoms with Gasteiger partial charge < -0.3 is 16.2 Å². The van der Waals surface area contributed by atoms with Gasteiger partial charge in [-0.2, -0.15) is 0 Å². The largest absolute Gasteiger partial charge is 0.497 e. The lowest BCUT2D eigenvalue weighted by atomic mass is 10.1. The van der Waals surface area contributed by atoms with Crippen molar-refractivity contribution in [2.45, 2.75) is 0 Å². The highest BCUT2D eigenvalue weighted by atomic mass is 16.5. The number of amides is 1. The number of ether oxygens (including phenoxy) is 1. The second kappa shape index (κ2) is 5.37. The fourth-order valence-electron chi connectivity index (χ4n) is 0.892. The third-order valence-corrected chi connectivity index (χ3v) is 1.52. The Balaban J connectivity index is 0.000000791. The third kappa shape index (κ3) is 2.64. The van der Waals surface area contributed by atoms with E-state index in [0.29, 0.717) is 17.0 Å². The Labute approximate surface area is 80.9 Å². The van der Waals surface area contributed by atoms with Crippen LogP contribution < -0.4 is 21.6 Å². The van der Waals surface area contributed by atoms with E-state index in [2.05, 4.69) is 0 Å². The Hall–Kier alpha value is -2.29. The normalized spacial score (nSPS) is 8.21. The van der Waals surface area contributed by atoms with E-state index in [9.17, 15) is 4.79 Å². The number of methoxy groups -OCH3 is 1. The molecule has 0 unspecified atom stereocenters. The molecule has 5 N–H and O–H groups in total. The number of hydrogen-bond donors (Lipinski definition) is 3. The van der Waals surface area contributed by atoms with Crippen LogP contribution in [0.2, 0.25) is 0 Å². The lowest BCUT2D eigenvalue weighted by molar-refractivity contribution is -0.175. The number of nitrogens with one attached hydrogen (secondary N) is 1. The first-order valence-corrected chi connectivity index (χ1v) is 3.61. The summed E-state index contributed by atoms with van der Waals surface area (Å²) in [5.41, 5.74) is 11.2. The molecule has 1 rings (SSSR count).